The van der Waals surface area contributed by atoms with Crippen LogP contribution in [0.3, 0.4) is 0 Å². The fraction of sp³-hybridized carbons (Fsp3) is 0.533. The molecule has 4 nitrogen and oxygen atoms in total. The minimum atomic E-state index is -0.509. The second-order valence-corrected chi connectivity index (χ2v) is 5.68. The van der Waals surface area contributed by atoms with Gasteiger partial charge in [0.2, 0.25) is 0 Å². The van der Waals surface area contributed by atoms with Crippen LogP contribution in [0.5, 0.6) is 5.75 Å². The van der Waals surface area contributed by atoms with Crippen molar-refractivity contribution in [1.29, 1.82) is 0 Å². The van der Waals surface area contributed by atoms with Crippen molar-refractivity contribution >= 4 is 17.5 Å². The molecule has 0 aliphatic carbocycles. The first-order chi connectivity index (χ1) is 9.60. The summed E-state index contributed by atoms with van der Waals surface area (Å²) in [6.07, 6.45) is 1.60. The van der Waals surface area contributed by atoms with Crippen molar-refractivity contribution in [3.05, 3.63) is 29.3 Å². The van der Waals surface area contributed by atoms with Crippen molar-refractivity contribution in [3.63, 3.8) is 0 Å². The quantitative estimate of drug-likeness (QED) is 0.927. The van der Waals surface area contributed by atoms with E-state index in [2.05, 4.69) is 0 Å². The number of carbonyl (C=O) groups is 1. The lowest BCUT2D eigenvalue weighted by Crippen LogP contribution is -2.47. The second-order valence-electron chi connectivity index (χ2n) is 5.25. The standard InChI is InChI=1S/C15H21ClN2O2/c1-11(20-14-6-2-5-13(16)8-14)15(19)18-7-3-4-12(9-17)10-18/h2,5-6,8,11-12H,3-4,7,9-10,17H2,1H3. The predicted molar refractivity (Wildman–Crippen MR) is 79.9 cm³/mol. The van der Waals surface area contributed by atoms with E-state index in [9.17, 15) is 4.79 Å². The van der Waals surface area contributed by atoms with Gasteiger partial charge in [0.05, 0.1) is 0 Å². The summed E-state index contributed by atoms with van der Waals surface area (Å²) in [4.78, 5) is 14.2. The summed E-state index contributed by atoms with van der Waals surface area (Å²) in [6.45, 7) is 3.93. The minimum Gasteiger partial charge on any atom is -0.481 e. The number of ether oxygens (including phenoxy) is 1. The van der Waals surface area contributed by atoms with Crippen LogP contribution in [0.25, 0.3) is 0 Å². The summed E-state index contributed by atoms with van der Waals surface area (Å²) in [7, 11) is 0. The number of likely N-dealkylation sites (tertiary alicyclic amines) is 1. The van der Waals surface area contributed by atoms with Gasteiger partial charge in [-0.2, -0.15) is 0 Å². The van der Waals surface area contributed by atoms with Crippen molar-refractivity contribution in [2.75, 3.05) is 19.6 Å². The summed E-state index contributed by atoms with van der Waals surface area (Å²) >= 11 is 5.91. The summed E-state index contributed by atoms with van der Waals surface area (Å²) < 4.78 is 5.67. The van der Waals surface area contributed by atoms with Crippen LogP contribution in [0.1, 0.15) is 19.8 Å². The van der Waals surface area contributed by atoms with Gasteiger partial charge in [-0.3, -0.25) is 4.79 Å². The monoisotopic (exact) mass is 296 g/mol. The Morgan fingerprint density at radius 3 is 3.10 bits per heavy atom. The summed E-state index contributed by atoms with van der Waals surface area (Å²) in [5.74, 6) is 1.04. The molecule has 2 atom stereocenters. The zero-order valence-corrected chi connectivity index (χ0v) is 12.5. The normalized spacial score (nSPS) is 20.6. The highest BCUT2D eigenvalue weighted by molar-refractivity contribution is 6.30. The van der Waals surface area contributed by atoms with E-state index in [-0.39, 0.29) is 5.91 Å². The lowest BCUT2D eigenvalue weighted by atomic mass is 9.98. The zero-order chi connectivity index (χ0) is 14.5. The Balaban J connectivity index is 1.94. The maximum Gasteiger partial charge on any atom is 0.263 e. The van der Waals surface area contributed by atoms with Gasteiger partial charge >= 0.3 is 0 Å². The van der Waals surface area contributed by atoms with Gasteiger partial charge in [-0.05, 0) is 50.4 Å². The van der Waals surface area contributed by atoms with E-state index in [1.54, 1.807) is 31.2 Å². The fourth-order valence-electron chi connectivity index (χ4n) is 2.51. The van der Waals surface area contributed by atoms with Gasteiger partial charge in [0.15, 0.2) is 6.10 Å². The third-order valence-corrected chi connectivity index (χ3v) is 3.86. The van der Waals surface area contributed by atoms with Crippen LogP contribution in [0.2, 0.25) is 5.02 Å². The Hall–Kier alpha value is -1.26. The summed E-state index contributed by atoms with van der Waals surface area (Å²) in [5, 5.41) is 0.600. The molecule has 5 heteroatoms. The van der Waals surface area contributed by atoms with E-state index in [0.29, 0.717) is 23.2 Å². The highest BCUT2D eigenvalue weighted by Crippen LogP contribution is 2.20. The molecule has 1 aliphatic heterocycles. The van der Waals surface area contributed by atoms with Gasteiger partial charge in [-0.1, -0.05) is 17.7 Å². The number of rotatable bonds is 4. The molecule has 110 valence electrons. The molecule has 1 saturated heterocycles. The molecule has 2 N–H and O–H groups in total. The lowest BCUT2D eigenvalue weighted by Gasteiger charge is -2.33. The summed E-state index contributed by atoms with van der Waals surface area (Å²) in [5.41, 5.74) is 5.70. The van der Waals surface area contributed by atoms with Crippen molar-refractivity contribution in [3.8, 4) is 5.75 Å². The molecule has 2 unspecified atom stereocenters. The molecule has 0 saturated carbocycles. The van der Waals surface area contributed by atoms with Crippen LogP contribution in [0.4, 0.5) is 0 Å². The highest BCUT2D eigenvalue weighted by Gasteiger charge is 2.27. The molecule has 1 fully saturated rings. The first-order valence-electron chi connectivity index (χ1n) is 7.01. The number of benzene rings is 1. The fourth-order valence-corrected chi connectivity index (χ4v) is 2.69. The molecule has 0 spiro atoms. The average Bonchev–Trinajstić information content (AvgIpc) is 2.46. The van der Waals surface area contributed by atoms with Crippen LogP contribution in [0.15, 0.2) is 24.3 Å². The molecule has 1 heterocycles. The minimum absolute atomic E-state index is 0.0168. The molecule has 1 amide bonds. The van der Waals surface area contributed by atoms with Crippen LogP contribution < -0.4 is 10.5 Å². The Labute approximate surface area is 124 Å². The number of nitrogens with two attached hydrogens (primary N) is 1. The largest absolute Gasteiger partial charge is 0.481 e. The van der Waals surface area contributed by atoms with E-state index < -0.39 is 6.10 Å². The van der Waals surface area contributed by atoms with Crippen molar-refractivity contribution in [1.82, 2.24) is 4.90 Å². The number of carbonyl (C=O) groups excluding carboxylic acids is 1. The predicted octanol–water partition coefficient (Wildman–Crippen LogP) is 2.30. The lowest BCUT2D eigenvalue weighted by molar-refractivity contribution is -0.139. The third-order valence-electron chi connectivity index (χ3n) is 3.62. The van der Waals surface area contributed by atoms with Gasteiger partial charge in [0.1, 0.15) is 5.75 Å². The molecule has 0 aromatic heterocycles. The Kier molecular flexibility index (Phi) is 5.26. The highest BCUT2D eigenvalue weighted by atomic mass is 35.5. The maximum atomic E-state index is 12.4. The summed E-state index contributed by atoms with van der Waals surface area (Å²) in [6, 6.07) is 7.09. The number of nitrogens with zero attached hydrogens (tertiary/aromatic N) is 1. The van der Waals surface area contributed by atoms with Crippen LogP contribution in [-0.4, -0.2) is 36.5 Å². The SMILES string of the molecule is CC(Oc1cccc(Cl)c1)C(=O)N1CCCC(CN)C1. The topological polar surface area (TPSA) is 55.6 Å². The van der Waals surface area contributed by atoms with Gasteiger partial charge in [0, 0.05) is 18.1 Å². The second kappa shape index (κ2) is 6.95. The molecular formula is C15H21ClN2O2. The van der Waals surface area contributed by atoms with Crippen LogP contribution >= 0.6 is 11.6 Å². The Morgan fingerprint density at radius 2 is 2.40 bits per heavy atom. The van der Waals surface area contributed by atoms with Gasteiger partial charge in [-0.15, -0.1) is 0 Å². The van der Waals surface area contributed by atoms with E-state index in [1.807, 2.05) is 4.90 Å². The van der Waals surface area contributed by atoms with Gasteiger partial charge in [0.25, 0.3) is 5.91 Å². The van der Waals surface area contributed by atoms with Crippen molar-refractivity contribution < 1.29 is 9.53 Å². The van der Waals surface area contributed by atoms with Crippen molar-refractivity contribution in [2.24, 2.45) is 11.7 Å². The molecule has 0 radical (unpaired) electrons. The average molecular weight is 297 g/mol. The molecule has 1 aliphatic rings. The number of halogens is 1. The molecule has 20 heavy (non-hydrogen) atoms. The van der Waals surface area contributed by atoms with E-state index in [4.69, 9.17) is 22.1 Å². The van der Waals surface area contributed by atoms with Gasteiger partial charge < -0.3 is 15.4 Å². The number of hydrogen-bond acceptors (Lipinski definition) is 3. The Bertz CT molecular complexity index is 467. The Morgan fingerprint density at radius 1 is 1.60 bits per heavy atom. The first-order valence-corrected chi connectivity index (χ1v) is 7.39. The van der Waals surface area contributed by atoms with Gasteiger partial charge in [-0.25, -0.2) is 0 Å². The van der Waals surface area contributed by atoms with E-state index >= 15 is 0 Å². The van der Waals surface area contributed by atoms with Crippen molar-refractivity contribution in [2.45, 2.75) is 25.9 Å². The molecular weight excluding hydrogens is 276 g/mol. The number of hydrogen-bond donors (Lipinski definition) is 1. The van der Waals surface area contributed by atoms with E-state index in [1.165, 1.54) is 0 Å². The number of amides is 1. The molecule has 1 aromatic rings. The first kappa shape index (κ1) is 15.1. The molecule has 0 bridgehead atoms. The molecule has 1 aromatic carbocycles. The smallest absolute Gasteiger partial charge is 0.263 e. The van der Waals surface area contributed by atoms with Crippen LogP contribution in [-0.2, 0) is 4.79 Å². The van der Waals surface area contributed by atoms with Crippen LogP contribution in [0, 0.1) is 5.92 Å². The van der Waals surface area contributed by atoms with E-state index in [0.717, 1.165) is 25.9 Å². The number of piperidine rings is 1. The zero-order valence-electron chi connectivity index (χ0n) is 11.7. The third kappa shape index (κ3) is 3.87. The molecule has 2 rings (SSSR count). The maximum absolute atomic E-state index is 12.4.